The van der Waals surface area contributed by atoms with Crippen LogP contribution < -0.4 is 15.2 Å². The molecule has 10 heteroatoms. The van der Waals surface area contributed by atoms with Crippen LogP contribution in [0.25, 0.3) is 0 Å². The van der Waals surface area contributed by atoms with E-state index in [0.717, 1.165) is 66.6 Å². The number of carbonyl (C=O) groups is 1. The van der Waals surface area contributed by atoms with E-state index in [4.69, 9.17) is 52.9 Å². The van der Waals surface area contributed by atoms with Gasteiger partial charge in [0.1, 0.15) is 19.0 Å². The highest BCUT2D eigenvalue weighted by atomic mass is 35.5. The molecule has 1 unspecified atom stereocenters. The zero-order chi connectivity index (χ0) is 32.9. The standard InChI is InChI=1S/C36H47Cl2N3O5/c1-25-18-33(37)35(34(38)19-25)46-17-16-45-32-12-8-26(9-13-32)20-28(23-39)36(42)41(31-10-11-31)24-27-21-29(6-4-14-43-2)40-30(22-27)7-5-15-44-3/h8-9,12-13,18-19,21-22,28,31H,4-7,10-11,14-17,20,23-24,39H2,1-3H3. The number of hydrogen-bond donors (Lipinski definition) is 1. The fourth-order valence-electron chi connectivity index (χ4n) is 5.47. The molecule has 0 radical (unpaired) electrons. The summed E-state index contributed by atoms with van der Waals surface area (Å²) in [5, 5.41) is 0.953. The van der Waals surface area contributed by atoms with E-state index in [9.17, 15) is 4.79 Å². The number of methoxy groups -OCH3 is 2. The SMILES string of the molecule is COCCCc1cc(CN(C(=O)C(CN)Cc2ccc(OCCOc3c(Cl)cc(C)cc3Cl)cc2)C2CC2)cc(CCCOC)n1. The summed E-state index contributed by atoms with van der Waals surface area (Å²) in [6, 6.07) is 16.0. The lowest BCUT2D eigenvalue weighted by Crippen LogP contribution is -2.41. The molecular formula is C36H47Cl2N3O5. The molecule has 1 amide bonds. The smallest absolute Gasteiger partial charge is 0.227 e. The Balaban J connectivity index is 1.35. The Morgan fingerprint density at radius 2 is 1.48 bits per heavy atom. The quantitative estimate of drug-likeness (QED) is 0.135. The summed E-state index contributed by atoms with van der Waals surface area (Å²) in [4.78, 5) is 20.8. The van der Waals surface area contributed by atoms with Crippen molar-refractivity contribution in [2.75, 3.05) is 47.2 Å². The predicted molar refractivity (Wildman–Crippen MR) is 183 cm³/mol. The average molecular weight is 673 g/mol. The molecule has 1 saturated carbocycles. The molecule has 250 valence electrons. The number of carbonyl (C=O) groups excluding carboxylic acids is 1. The van der Waals surface area contributed by atoms with Gasteiger partial charge in [-0.05, 0) is 105 Å². The van der Waals surface area contributed by atoms with Crippen molar-refractivity contribution in [3.8, 4) is 11.5 Å². The van der Waals surface area contributed by atoms with Gasteiger partial charge in [0.2, 0.25) is 5.91 Å². The molecule has 3 aromatic rings. The van der Waals surface area contributed by atoms with Gasteiger partial charge in [0.25, 0.3) is 0 Å². The minimum Gasteiger partial charge on any atom is -0.490 e. The monoisotopic (exact) mass is 671 g/mol. The topological polar surface area (TPSA) is 96.1 Å². The van der Waals surface area contributed by atoms with Crippen LogP contribution in [0.2, 0.25) is 10.0 Å². The molecule has 4 rings (SSSR count). The highest BCUT2D eigenvalue weighted by molar-refractivity contribution is 6.37. The number of pyridine rings is 1. The van der Waals surface area contributed by atoms with Crippen molar-refractivity contribution in [1.29, 1.82) is 0 Å². The number of rotatable bonds is 20. The predicted octanol–water partition coefficient (Wildman–Crippen LogP) is 6.62. The van der Waals surface area contributed by atoms with Crippen LogP contribution in [0.15, 0.2) is 48.5 Å². The van der Waals surface area contributed by atoms with E-state index in [2.05, 4.69) is 12.1 Å². The van der Waals surface area contributed by atoms with E-state index in [1.807, 2.05) is 48.2 Å². The molecule has 46 heavy (non-hydrogen) atoms. The first kappa shape index (κ1) is 36.0. The third-order valence-electron chi connectivity index (χ3n) is 7.96. The normalized spacial score (nSPS) is 13.4. The average Bonchev–Trinajstić information content (AvgIpc) is 3.88. The second kappa shape index (κ2) is 18.5. The van der Waals surface area contributed by atoms with Gasteiger partial charge >= 0.3 is 0 Å². The van der Waals surface area contributed by atoms with Crippen LogP contribution in [0.5, 0.6) is 11.5 Å². The molecule has 1 fully saturated rings. The summed E-state index contributed by atoms with van der Waals surface area (Å²) in [6.45, 7) is 4.77. The number of ether oxygens (including phenoxy) is 4. The third kappa shape index (κ3) is 11.1. The van der Waals surface area contributed by atoms with Crippen molar-refractivity contribution < 1.29 is 23.7 Å². The van der Waals surface area contributed by atoms with Crippen LogP contribution in [0.1, 0.15) is 53.8 Å². The summed E-state index contributed by atoms with van der Waals surface area (Å²) in [5.41, 5.74) is 11.4. The van der Waals surface area contributed by atoms with Gasteiger partial charge in [-0.25, -0.2) is 0 Å². The van der Waals surface area contributed by atoms with E-state index in [0.29, 0.717) is 60.9 Å². The fraction of sp³-hybridized carbons (Fsp3) is 0.500. The van der Waals surface area contributed by atoms with E-state index >= 15 is 0 Å². The van der Waals surface area contributed by atoms with Crippen molar-refractivity contribution in [1.82, 2.24) is 9.88 Å². The van der Waals surface area contributed by atoms with Gasteiger partial charge in [-0.2, -0.15) is 0 Å². The molecule has 0 bridgehead atoms. The molecule has 1 aliphatic carbocycles. The third-order valence-corrected chi connectivity index (χ3v) is 8.52. The van der Waals surface area contributed by atoms with E-state index < -0.39 is 0 Å². The van der Waals surface area contributed by atoms with Crippen LogP contribution in [-0.4, -0.2) is 69.0 Å². The number of aromatic nitrogens is 1. The minimum atomic E-state index is -0.311. The highest BCUT2D eigenvalue weighted by Gasteiger charge is 2.35. The van der Waals surface area contributed by atoms with Gasteiger partial charge in [0.15, 0.2) is 5.75 Å². The Kier molecular flexibility index (Phi) is 14.4. The van der Waals surface area contributed by atoms with Crippen molar-refractivity contribution >= 4 is 29.1 Å². The first-order valence-electron chi connectivity index (χ1n) is 16.1. The Labute approximate surface area is 283 Å². The molecule has 0 aliphatic heterocycles. The molecule has 1 heterocycles. The van der Waals surface area contributed by atoms with Gasteiger partial charge in [0, 0.05) is 58.0 Å². The van der Waals surface area contributed by atoms with Gasteiger partial charge in [-0.15, -0.1) is 0 Å². The first-order chi connectivity index (χ1) is 22.3. The van der Waals surface area contributed by atoms with Gasteiger partial charge in [0.05, 0.1) is 16.0 Å². The van der Waals surface area contributed by atoms with Crippen LogP contribution >= 0.6 is 23.2 Å². The molecule has 0 spiro atoms. The largest absolute Gasteiger partial charge is 0.490 e. The maximum atomic E-state index is 13.9. The summed E-state index contributed by atoms with van der Waals surface area (Å²) < 4.78 is 22.1. The van der Waals surface area contributed by atoms with Gasteiger partial charge in [-0.1, -0.05) is 35.3 Å². The minimum absolute atomic E-state index is 0.106. The van der Waals surface area contributed by atoms with Gasteiger partial charge < -0.3 is 29.6 Å². The lowest BCUT2D eigenvalue weighted by Gasteiger charge is -2.27. The summed E-state index contributed by atoms with van der Waals surface area (Å²) in [7, 11) is 3.43. The molecule has 8 nitrogen and oxygen atoms in total. The van der Waals surface area contributed by atoms with Crippen LogP contribution in [0.4, 0.5) is 0 Å². The maximum absolute atomic E-state index is 13.9. The zero-order valence-corrected chi connectivity index (χ0v) is 28.7. The maximum Gasteiger partial charge on any atom is 0.227 e. The molecule has 1 atom stereocenters. The van der Waals surface area contributed by atoms with Crippen molar-refractivity contribution in [2.45, 2.75) is 64.5 Å². The first-order valence-corrected chi connectivity index (χ1v) is 16.8. The van der Waals surface area contributed by atoms with Crippen LogP contribution in [0.3, 0.4) is 0 Å². The van der Waals surface area contributed by atoms with E-state index in [1.165, 1.54) is 0 Å². The number of nitrogens with zero attached hydrogens (tertiary/aromatic N) is 2. The number of amides is 1. The second-order valence-corrected chi connectivity index (χ2v) is 12.7. The molecule has 1 aromatic heterocycles. The summed E-state index contributed by atoms with van der Waals surface area (Å²) >= 11 is 12.5. The molecule has 2 N–H and O–H groups in total. The number of aryl methyl sites for hydroxylation is 3. The van der Waals surface area contributed by atoms with E-state index in [1.54, 1.807) is 14.2 Å². The Bertz CT molecular complexity index is 1350. The number of hydrogen-bond acceptors (Lipinski definition) is 7. The van der Waals surface area contributed by atoms with Crippen LogP contribution in [0, 0.1) is 12.8 Å². The molecular weight excluding hydrogens is 625 g/mol. The van der Waals surface area contributed by atoms with Crippen molar-refractivity contribution in [3.63, 3.8) is 0 Å². The van der Waals surface area contributed by atoms with Gasteiger partial charge in [-0.3, -0.25) is 9.78 Å². The lowest BCUT2D eigenvalue weighted by atomic mass is 9.97. The molecule has 2 aromatic carbocycles. The number of benzene rings is 2. The Morgan fingerprint density at radius 3 is 2.02 bits per heavy atom. The summed E-state index contributed by atoms with van der Waals surface area (Å²) in [6.07, 6.45) is 6.09. The lowest BCUT2D eigenvalue weighted by molar-refractivity contribution is -0.136. The van der Waals surface area contributed by atoms with Crippen molar-refractivity contribution in [3.05, 3.63) is 86.7 Å². The number of halogens is 2. The summed E-state index contributed by atoms with van der Waals surface area (Å²) in [5.74, 6) is 0.965. The second-order valence-electron chi connectivity index (χ2n) is 11.9. The molecule has 0 saturated heterocycles. The van der Waals surface area contributed by atoms with Crippen LogP contribution in [-0.2, 0) is 40.1 Å². The number of nitrogens with two attached hydrogens (primary N) is 1. The highest BCUT2D eigenvalue weighted by Crippen LogP contribution is 2.34. The fourth-order valence-corrected chi connectivity index (χ4v) is 6.18. The van der Waals surface area contributed by atoms with Crippen molar-refractivity contribution in [2.24, 2.45) is 11.7 Å². The Hall–Kier alpha value is -2.88. The Morgan fingerprint density at radius 1 is 0.891 bits per heavy atom. The van der Waals surface area contributed by atoms with E-state index in [-0.39, 0.29) is 24.4 Å². The molecule has 1 aliphatic rings. The zero-order valence-electron chi connectivity index (χ0n) is 27.2.